The molecule has 0 bridgehead atoms. The minimum absolute atomic E-state index is 0.103. The zero-order chi connectivity index (χ0) is 64.2. The zero-order valence-corrected chi connectivity index (χ0v) is 57.9. The van der Waals surface area contributed by atoms with Gasteiger partial charge in [-0.25, -0.2) is 9.13 Å². The summed E-state index contributed by atoms with van der Waals surface area (Å²) in [5.74, 6) is -1.32. The summed E-state index contributed by atoms with van der Waals surface area (Å²) in [7, 11) is -9.88. The molecule has 0 aromatic heterocycles. The van der Waals surface area contributed by atoms with E-state index in [1.807, 2.05) is 0 Å². The molecule has 3 N–H and O–H groups in total. The third-order valence-electron chi connectivity index (χ3n) is 15.8. The van der Waals surface area contributed by atoms with Crippen molar-refractivity contribution in [1.82, 2.24) is 0 Å². The van der Waals surface area contributed by atoms with Crippen LogP contribution in [0, 0.1) is 5.92 Å². The van der Waals surface area contributed by atoms with Crippen LogP contribution in [0.2, 0.25) is 0 Å². The molecule has 0 aliphatic heterocycles. The molecule has 0 saturated heterocycles. The molecule has 17 nitrogen and oxygen atoms in total. The molecule has 0 aliphatic rings. The highest BCUT2D eigenvalue weighted by atomic mass is 31.2. The molecule has 0 aromatic rings. The molecule has 0 saturated carbocycles. The van der Waals surface area contributed by atoms with Crippen LogP contribution in [0.3, 0.4) is 0 Å². The molecule has 0 amide bonds. The van der Waals surface area contributed by atoms with Crippen molar-refractivity contribution < 1.29 is 80.2 Å². The van der Waals surface area contributed by atoms with Crippen molar-refractivity contribution in [2.45, 2.75) is 368 Å². The van der Waals surface area contributed by atoms with Crippen LogP contribution in [-0.2, 0) is 65.4 Å². The van der Waals surface area contributed by atoms with E-state index in [1.54, 1.807) is 0 Å². The number of hydrogen-bond donors (Lipinski definition) is 3. The fourth-order valence-electron chi connectivity index (χ4n) is 10.3. The molecule has 0 radical (unpaired) electrons. The molecular weight excluding hydrogens is 1150 g/mol. The van der Waals surface area contributed by atoms with E-state index >= 15 is 0 Å². The number of unbranched alkanes of at least 4 members (excludes halogenated alkanes) is 40. The van der Waals surface area contributed by atoms with Crippen LogP contribution >= 0.6 is 15.6 Å². The van der Waals surface area contributed by atoms with Gasteiger partial charge in [0.2, 0.25) is 0 Å². The van der Waals surface area contributed by atoms with Gasteiger partial charge in [0.25, 0.3) is 0 Å². The standard InChI is InChI=1S/C68H132O17P2/c1-6-9-12-15-17-18-19-20-28-31-34-38-42-47-52-66(71)79-58-64(85-68(73)54-49-44-39-35-32-29-26-24-22-21-23-25-27-30-33-37-41-45-50-61(4)5)60-83-87(76,77)81-56-62(69)55-80-86(74,75)82-59-63(57-78-65(70)51-46-40-14-11-8-3)84-67(72)53-48-43-36-16-13-10-7-2/h61-64,69H,6-60H2,1-5H3,(H,74,75)(H,76,77)/t62-,63+,64+/m0/s1. The molecule has 5 atom stereocenters. The van der Waals surface area contributed by atoms with Gasteiger partial charge in [-0.3, -0.25) is 37.3 Å². The van der Waals surface area contributed by atoms with Gasteiger partial charge in [0.05, 0.1) is 26.4 Å². The molecule has 0 aliphatic carbocycles. The van der Waals surface area contributed by atoms with E-state index in [1.165, 1.54) is 154 Å². The van der Waals surface area contributed by atoms with Gasteiger partial charge in [-0.15, -0.1) is 0 Å². The van der Waals surface area contributed by atoms with Crippen LogP contribution in [0.5, 0.6) is 0 Å². The lowest BCUT2D eigenvalue weighted by atomic mass is 10.0. The first-order chi connectivity index (χ1) is 42.0. The van der Waals surface area contributed by atoms with Crippen molar-refractivity contribution in [1.29, 1.82) is 0 Å². The molecule has 516 valence electrons. The topological polar surface area (TPSA) is 237 Å². The highest BCUT2D eigenvalue weighted by Gasteiger charge is 2.30. The lowest BCUT2D eigenvalue weighted by molar-refractivity contribution is -0.161. The molecule has 0 fully saturated rings. The van der Waals surface area contributed by atoms with Crippen LogP contribution in [-0.4, -0.2) is 96.7 Å². The van der Waals surface area contributed by atoms with Crippen molar-refractivity contribution in [2.24, 2.45) is 5.92 Å². The molecule has 0 aromatic carbocycles. The number of carbonyl (C=O) groups excluding carboxylic acids is 4. The largest absolute Gasteiger partial charge is 0.472 e. The maximum atomic E-state index is 13.0. The Morgan fingerprint density at radius 3 is 0.782 bits per heavy atom. The van der Waals surface area contributed by atoms with Crippen molar-refractivity contribution in [3.63, 3.8) is 0 Å². The fourth-order valence-corrected chi connectivity index (χ4v) is 11.9. The summed E-state index contributed by atoms with van der Waals surface area (Å²) in [6.45, 7) is 7.13. The second-order valence-electron chi connectivity index (χ2n) is 25.0. The molecule has 0 rings (SSSR count). The average molecular weight is 1280 g/mol. The smallest absolute Gasteiger partial charge is 0.462 e. The number of aliphatic hydroxyl groups excluding tert-OH is 1. The van der Waals surface area contributed by atoms with E-state index in [0.717, 1.165) is 115 Å². The van der Waals surface area contributed by atoms with E-state index < -0.39 is 97.5 Å². The molecule has 2 unspecified atom stereocenters. The summed E-state index contributed by atoms with van der Waals surface area (Å²) in [5.41, 5.74) is 0. The Bertz CT molecular complexity index is 1690. The molecule has 0 heterocycles. The summed E-state index contributed by atoms with van der Waals surface area (Å²) >= 11 is 0. The summed E-state index contributed by atoms with van der Waals surface area (Å²) in [4.78, 5) is 72.0. The van der Waals surface area contributed by atoms with E-state index in [0.29, 0.717) is 25.7 Å². The minimum Gasteiger partial charge on any atom is -0.462 e. The number of phosphoric acid groups is 2. The third-order valence-corrected chi connectivity index (χ3v) is 17.7. The second-order valence-corrected chi connectivity index (χ2v) is 27.9. The Morgan fingerprint density at radius 2 is 0.529 bits per heavy atom. The molecule has 19 heteroatoms. The first-order valence-corrected chi connectivity index (χ1v) is 38.6. The van der Waals surface area contributed by atoms with E-state index in [9.17, 15) is 43.2 Å². The van der Waals surface area contributed by atoms with Crippen molar-refractivity contribution in [2.75, 3.05) is 39.6 Å². The highest BCUT2D eigenvalue weighted by molar-refractivity contribution is 7.47. The zero-order valence-electron chi connectivity index (χ0n) is 56.2. The van der Waals surface area contributed by atoms with Crippen LogP contribution in [0.15, 0.2) is 0 Å². The fraction of sp³-hybridized carbons (Fsp3) is 0.941. The number of aliphatic hydroxyl groups is 1. The SMILES string of the molecule is CCCCCCCCCCCCCCCCC(=O)OC[C@H](COP(=O)(O)OC[C@@H](O)COP(=O)(O)OC[C@@H](COC(=O)CCCCCCC)OC(=O)CCCCCCCCC)OC(=O)CCCCCCCCCCCCCCCCCCCCC(C)C. The summed E-state index contributed by atoms with van der Waals surface area (Å²) in [6, 6.07) is 0. The van der Waals surface area contributed by atoms with E-state index in [-0.39, 0.29) is 25.7 Å². The number of rotatable bonds is 68. The lowest BCUT2D eigenvalue weighted by Gasteiger charge is -2.21. The van der Waals surface area contributed by atoms with Gasteiger partial charge < -0.3 is 33.8 Å². The van der Waals surface area contributed by atoms with Gasteiger partial charge in [0.1, 0.15) is 19.3 Å². The number of phosphoric ester groups is 2. The van der Waals surface area contributed by atoms with Gasteiger partial charge in [-0.2, -0.15) is 0 Å². The van der Waals surface area contributed by atoms with Crippen LogP contribution < -0.4 is 0 Å². The number of carbonyl (C=O) groups is 4. The second kappa shape index (κ2) is 61.6. The summed E-state index contributed by atoms with van der Waals surface area (Å²) in [6.07, 6.45) is 47.9. The highest BCUT2D eigenvalue weighted by Crippen LogP contribution is 2.45. The first-order valence-electron chi connectivity index (χ1n) is 35.6. The van der Waals surface area contributed by atoms with Crippen molar-refractivity contribution in [3.8, 4) is 0 Å². The Morgan fingerprint density at radius 1 is 0.310 bits per heavy atom. The third kappa shape index (κ3) is 62.6. The average Bonchev–Trinajstić information content (AvgIpc) is 3.70. The summed E-state index contributed by atoms with van der Waals surface area (Å²) < 4.78 is 67.8. The van der Waals surface area contributed by atoms with Crippen LogP contribution in [0.25, 0.3) is 0 Å². The number of esters is 4. The van der Waals surface area contributed by atoms with Gasteiger partial charge >= 0.3 is 39.5 Å². The van der Waals surface area contributed by atoms with Gasteiger partial charge in [0, 0.05) is 25.7 Å². The molecule has 0 spiro atoms. The van der Waals surface area contributed by atoms with Crippen LogP contribution in [0.4, 0.5) is 0 Å². The van der Waals surface area contributed by atoms with Crippen molar-refractivity contribution >= 4 is 39.5 Å². The number of hydrogen-bond acceptors (Lipinski definition) is 15. The molecule has 87 heavy (non-hydrogen) atoms. The normalized spacial score (nSPS) is 14.1. The lowest BCUT2D eigenvalue weighted by Crippen LogP contribution is -2.30. The Hall–Kier alpha value is -1.94. The monoisotopic (exact) mass is 1280 g/mol. The van der Waals surface area contributed by atoms with Crippen LogP contribution in [0.1, 0.15) is 349 Å². The molecular formula is C68H132O17P2. The minimum atomic E-state index is -4.95. The Balaban J connectivity index is 5.08. The number of ether oxygens (including phenoxy) is 4. The maximum Gasteiger partial charge on any atom is 0.472 e. The quantitative estimate of drug-likeness (QED) is 0.0222. The first kappa shape index (κ1) is 85.1. The predicted octanol–water partition coefficient (Wildman–Crippen LogP) is 19.4. The van der Waals surface area contributed by atoms with Crippen molar-refractivity contribution in [3.05, 3.63) is 0 Å². The Kier molecular flexibility index (Phi) is 60.2. The predicted molar refractivity (Wildman–Crippen MR) is 349 cm³/mol. The summed E-state index contributed by atoms with van der Waals surface area (Å²) in [5, 5.41) is 10.5. The van der Waals surface area contributed by atoms with E-state index in [4.69, 9.17) is 37.0 Å². The Labute approximate surface area is 530 Å². The van der Waals surface area contributed by atoms with Gasteiger partial charge in [0.15, 0.2) is 12.2 Å². The maximum absolute atomic E-state index is 13.0. The van der Waals surface area contributed by atoms with Gasteiger partial charge in [-0.05, 0) is 31.6 Å². The van der Waals surface area contributed by atoms with E-state index in [2.05, 4.69) is 34.6 Å². The van der Waals surface area contributed by atoms with Gasteiger partial charge in [-0.1, -0.05) is 298 Å².